The Balaban J connectivity index is 0.000000506. The average Bonchev–Trinajstić information content (AvgIpc) is 3.89. The summed E-state index contributed by atoms with van der Waals surface area (Å²) in [6, 6.07) is 15.8. The Morgan fingerprint density at radius 1 is 0.803 bits per heavy atom. The zero-order valence-electron chi connectivity index (χ0n) is 36.3. The van der Waals surface area contributed by atoms with E-state index in [1.54, 1.807) is 0 Å². The molecule has 4 aliphatic rings. The Bertz CT molecular complexity index is 2420. The van der Waals surface area contributed by atoms with Gasteiger partial charge in [0, 0.05) is 36.9 Å². The van der Waals surface area contributed by atoms with Crippen LogP contribution in [0.3, 0.4) is 0 Å². The molecule has 5 aromatic rings. The lowest BCUT2D eigenvalue weighted by Gasteiger charge is -2.24. The van der Waals surface area contributed by atoms with Crippen LogP contribution >= 0.6 is 0 Å². The largest absolute Gasteiger partial charge is 0.453 e. The fourth-order valence-corrected chi connectivity index (χ4v) is 9.40. The Morgan fingerprint density at radius 3 is 2.08 bits per heavy atom. The molecule has 2 unspecified atom stereocenters. The van der Waals surface area contributed by atoms with Crippen LogP contribution in [0.2, 0.25) is 0 Å². The number of benzene rings is 3. The molecule has 61 heavy (non-hydrogen) atoms. The predicted octanol–water partition coefficient (Wildman–Crippen LogP) is 8.49. The standard InChI is InChI=1S/C43H50N6O2.2C2H5NO2/c1-25(2)19-38(50)48-18-6-9-36(48)42-45-34-15-11-28-21-27(10-12-30(28)40(34)47-42)29-13-14-33(32-8-5-7-31(29)32)35-23-44-41(46-35)37-22-43(16-17-43)24-49(37)39(51)20-26(3)4;2*1-5-2(3)4/h10-15,21,23,25-26,36-37H,5-9,16-20,22,24H2,1-4H3,(H,44,46)(H,45,47);2*1H3,(H2,3,4). The predicted molar refractivity (Wildman–Crippen MR) is 235 cm³/mol. The van der Waals surface area contributed by atoms with Gasteiger partial charge in [-0.25, -0.2) is 19.6 Å². The first-order valence-electron chi connectivity index (χ1n) is 21.6. The van der Waals surface area contributed by atoms with Crippen molar-refractivity contribution >= 4 is 45.8 Å². The number of carbonyl (C=O) groups is 4. The van der Waals surface area contributed by atoms with Gasteiger partial charge in [-0.15, -0.1) is 0 Å². The second-order valence-electron chi connectivity index (χ2n) is 17.9. The number of primary amides is 2. The van der Waals surface area contributed by atoms with Crippen LogP contribution in [-0.2, 0) is 31.9 Å². The molecule has 0 bridgehead atoms. The van der Waals surface area contributed by atoms with Gasteiger partial charge >= 0.3 is 12.2 Å². The van der Waals surface area contributed by atoms with E-state index in [2.05, 4.69) is 106 Å². The summed E-state index contributed by atoms with van der Waals surface area (Å²) in [5, 5.41) is 2.31. The number of aromatic nitrogens is 4. The van der Waals surface area contributed by atoms with Gasteiger partial charge in [-0.05, 0) is 108 Å². The number of carbonyl (C=O) groups excluding carboxylic acids is 4. The summed E-state index contributed by atoms with van der Waals surface area (Å²) in [5.41, 5.74) is 18.9. The van der Waals surface area contributed by atoms with Gasteiger partial charge < -0.3 is 40.7 Å². The molecular weight excluding hydrogens is 773 g/mol. The molecular formula is C47H60N8O6. The van der Waals surface area contributed by atoms with E-state index in [-0.39, 0.29) is 23.9 Å². The smallest absolute Gasteiger partial charge is 0.404 e. The van der Waals surface area contributed by atoms with Crippen LogP contribution in [0, 0.1) is 17.3 Å². The van der Waals surface area contributed by atoms with Gasteiger partial charge in [0.1, 0.15) is 11.6 Å². The molecule has 6 N–H and O–H groups in total. The van der Waals surface area contributed by atoms with E-state index in [0.717, 1.165) is 85.4 Å². The van der Waals surface area contributed by atoms with Crippen molar-refractivity contribution in [2.75, 3.05) is 27.3 Å². The number of hydrogen-bond acceptors (Lipinski definition) is 8. The molecule has 1 spiro atoms. The molecule has 14 nitrogen and oxygen atoms in total. The van der Waals surface area contributed by atoms with Crippen LogP contribution < -0.4 is 11.5 Å². The normalized spacial score (nSPS) is 18.6. The van der Waals surface area contributed by atoms with Crippen molar-refractivity contribution in [3.8, 4) is 22.4 Å². The fourth-order valence-electron chi connectivity index (χ4n) is 9.40. The lowest BCUT2D eigenvalue weighted by Crippen LogP contribution is -2.32. The third-order valence-electron chi connectivity index (χ3n) is 12.5. The van der Waals surface area contributed by atoms with Gasteiger partial charge in [0.25, 0.3) is 0 Å². The van der Waals surface area contributed by atoms with Gasteiger partial charge in [0.05, 0.1) is 49.2 Å². The van der Waals surface area contributed by atoms with Crippen molar-refractivity contribution in [3.05, 3.63) is 71.4 Å². The van der Waals surface area contributed by atoms with Crippen LogP contribution in [0.25, 0.3) is 44.2 Å². The van der Waals surface area contributed by atoms with E-state index >= 15 is 0 Å². The van der Waals surface area contributed by atoms with Crippen LogP contribution in [0.1, 0.15) is 114 Å². The first-order chi connectivity index (χ1) is 29.2. The second kappa shape index (κ2) is 18.0. The number of imidazole rings is 2. The Kier molecular flexibility index (Phi) is 12.7. The van der Waals surface area contributed by atoms with Gasteiger partial charge in [-0.1, -0.05) is 58.0 Å². The molecule has 1 saturated carbocycles. The highest BCUT2D eigenvalue weighted by Crippen LogP contribution is 2.58. The minimum Gasteiger partial charge on any atom is -0.453 e. The number of aromatic amines is 2. The maximum Gasteiger partial charge on any atom is 0.404 e. The summed E-state index contributed by atoms with van der Waals surface area (Å²) < 4.78 is 7.78. The van der Waals surface area contributed by atoms with Crippen molar-refractivity contribution in [1.29, 1.82) is 0 Å². The molecule has 2 saturated heterocycles. The first-order valence-corrected chi connectivity index (χ1v) is 21.6. The van der Waals surface area contributed by atoms with Crippen LogP contribution in [-0.4, -0.2) is 81.0 Å². The van der Waals surface area contributed by atoms with Crippen molar-refractivity contribution in [2.24, 2.45) is 28.7 Å². The maximum atomic E-state index is 13.3. The molecule has 2 atom stereocenters. The van der Waals surface area contributed by atoms with Crippen molar-refractivity contribution in [1.82, 2.24) is 29.7 Å². The molecule has 9 rings (SSSR count). The minimum absolute atomic E-state index is 0.0179. The number of hydrogen-bond donors (Lipinski definition) is 4. The number of amides is 4. The number of likely N-dealkylation sites (tertiary alicyclic amines) is 2. The maximum absolute atomic E-state index is 13.3. The van der Waals surface area contributed by atoms with E-state index < -0.39 is 12.2 Å². The Labute approximate surface area is 357 Å². The quantitative estimate of drug-likeness (QED) is 0.119. The number of fused-ring (bicyclic) bond motifs is 4. The highest BCUT2D eigenvalue weighted by molar-refractivity contribution is 6.05. The molecule has 3 fully saturated rings. The number of H-pyrrole nitrogens is 2. The van der Waals surface area contributed by atoms with E-state index in [9.17, 15) is 19.2 Å². The number of methoxy groups -OCH3 is 2. The van der Waals surface area contributed by atoms with Gasteiger partial charge in [-0.2, -0.15) is 0 Å². The monoisotopic (exact) mass is 832 g/mol. The van der Waals surface area contributed by atoms with E-state index in [0.29, 0.717) is 30.1 Å². The second-order valence-corrected chi connectivity index (χ2v) is 17.9. The van der Waals surface area contributed by atoms with Gasteiger partial charge in [-0.3, -0.25) is 9.59 Å². The summed E-state index contributed by atoms with van der Waals surface area (Å²) in [7, 11) is 2.45. The van der Waals surface area contributed by atoms with E-state index in [4.69, 9.17) is 9.97 Å². The molecule has 2 aliphatic heterocycles. The fraction of sp³-hybridized carbons (Fsp3) is 0.489. The molecule has 14 heteroatoms. The summed E-state index contributed by atoms with van der Waals surface area (Å²) in [5.74, 6) is 3.03. The molecule has 324 valence electrons. The molecule has 0 radical (unpaired) electrons. The zero-order chi connectivity index (χ0) is 43.6. The summed E-state index contributed by atoms with van der Waals surface area (Å²) in [4.78, 5) is 66.5. The first kappa shape index (κ1) is 43.2. The summed E-state index contributed by atoms with van der Waals surface area (Å²) >= 11 is 0. The average molecular weight is 833 g/mol. The minimum atomic E-state index is -0.745. The number of rotatable bonds is 8. The van der Waals surface area contributed by atoms with E-state index in [1.807, 2.05) is 11.1 Å². The summed E-state index contributed by atoms with van der Waals surface area (Å²) in [6.07, 6.45) is 10.4. The van der Waals surface area contributed by atoms with Gasteiger partial charge in [0.15, 0.2) is 0 Å². The van der Waals surface area contributed by atoms with Crippen LogP contribution in [0.15, 0.2) is 48.7 Å². The molecule has 3 aromatic carbocycles. The number of ether oxygens (including phenoxy) is 2. The van der Waals surface area contributed by atoms with Gasteiger partial charge in [0.2, 0.25) is 11.8 Å². The number of nitrogens with two attached hydrogens (primary N) is 2. The van der Waals surface area contributed by atoms with Crippen LogP contribution in [0.4, 0.5) is 9.59 Å². The zero-order valence-corrected chi connectivity index (χ0v) is 36.3. The highest BCUT2D eigenvalue weighted by atomic mass is 16.5. The molecule has 4 heterocycles. The number of nitrogens with zero attached hydrogens (tertiary/aromatic N) is 4. The SMILES string of the molecule is CC(C)CC(=O)N1CC2(CC2)CC1c1ncc(-c2ccc(-c3ccc4c(ccc5[nH]c(C6CCCN6C(=O)CC(C)C)nc54)c3)c3c2CCC3)[nH]1.COC(N)=O.COC(N)=O. The van der Waals surface area contributed by atoms with Crippen molar-refractivity contribution in [2.45, 2.75) is 104 Å². The molecule has 2 aliphatic carbocycles. The Hall–Kier alpha value is -5.92. The summed E-state index contributed by atoms with van der Waals surface area (Å²) in [6.45, 7) is 10.1. The molecule has 4 amide bonds. The number of nitrogens with one attached hydrogen (secondary N) is 2. The third-order valence-corrected chi connectivity index (χ3v) is 12.5. The van der Waals surface area contributed by atoms with Crippen molar-refractivity contribution in [3.63, 3.8) is 0 Å². The third kappa shape index (κ3) is 9.38. The Morgan fingerprint density at radius 2 is 1.44 bits per heavy atom. The lowest BCUT2D eigenvalue weighted by molar-refractivity contribution is -0.134. The topological polar surface area (TPSA) is 203 Å². The lowest BCUT2D eigenvalue weighted by atomic mass is 9.91. The van der Waals surface area contributed by atoms with Crippen molar-refractivity contribution < 1.29 is 28.7 Å². The highest BCUT2D eigenvalue weighted by Gasteiger charge is 2.54. The van der Waals surface area contributed by atoms with E-state index in [1.165, 1.54) is 60.3 Å². The molecule has 2 aromatic heterocycles. The van der Waals surface area contributed by atoms with Crippen LogP contribution in [0.5, 0.6) is 0 Å².